The maximum Gasteiger partial charge on any atom is 0.145 e. The zero-order valence-corrected chi connectivity index (χ0v) is 21.7. The van der Waals surface area contributed by atoms with Crippen molar-refractivity contribution >= 4 is 80.5 Å². The van der Waals surface area contributed by atoms with E-state index < -0.39 is 16.1 Å². The molecule has 0 aliphatic heterocycles. The second kappa shape index (κ2) is 9.33. The molecule has 2 rings (SSSR count). The lowest BCUT2D eigenvalue weighted by molar-refractivity contribution is 0.171. The first-order chi connectivity index (χ1) is 13.6. The zero-order chi connectivity index (χ0) is 22.9. The van der Waals surface area contributed by atoms with E-state index in [1.807, 2.05) is 69.7 Å². The summed E-state index contributed by atoms with van der Waals surface area (Å²) in [6, 6.07) is 12.0. The largest absolute Gasteiger partial charge is 0.506 e. The standard InChI is InChI=1S/C18H28B6BrFN2OS/c1-28(2)9-10-7-12(29-18(23,24)16(19,20)17(21,22)26)4-6-14(10)30-15-5-3-11(25)8-13(15)27/h3-8H,9,19-24,27H2,1-2H3. The van der Waals surface area contributed by atoms with Gasteiger partial charge in [0.2, 0.25) is 0 Å². The summed E-state index contributed by atoms with van der Waals surface area (Å²) in [6.07, 6.45) is 0. The first kappa shape index (κ1) is 25.4. The van der Waals surface area contributed by atoms with Gasteiger partial charge in [-0.25, -0.2) is 0 Å². The Labute approximate surface area is 198 Å². The molecule has 154 valence electrons. The number of nitrogens with zero attached hydrogens (tertiary/aromatic N) is 1. The number of hydrogen-bond acceptors (Lipinski definition) is 4. The molecule has 0 amide bonds. The van der Waals surface area contributed by atoms with Gasteiger partial charge in [-0.3, -0.25) is 4.39 Å². The predicted molar refractivity (Wildman–Crippen MR) is 148 cm³/mol. The summed E-state index contributed by atoms with van der Waals surface area (Å²) in [5.41, 5.74) is 6.68. The number of rotatable bonds is 8. The van der Waals surface area contributed by atoms with Gasteiger partial charge >= 0.3 is 0 Å². The lowest BCUT2D eigenvalue weighted by Crippen LogP contribution is -2.60. The number of halogens is 2. The number of ether oxygens (including phenoxy) is 1. The van der Waals surface area contributed by atoms with Gasteiger partial charge in [-0.2, -0.15) is 0 Å². The molecule has 0 aromatic heterocycles. The lowest BCUT2D eigenvalue weighted by Gasteiger charge is -2.49. The van der Waals surface area contributed by atoms with Crippen LogP contribution in [0.3, 0.4) is 0 Å². The third kappa shape index (κ3) is 5.89. The van der Waals surface area contributed by atoms with E-state index in [0.29, 0.717) is 0 Å². The molecular formula is C18H28B6BrFN2OS. The molecule has 0 spiro atoms. The highest BCUT2D eigenvalue weighted by Gasteiger charge is 2.48. The molecule has 2 aromatic rings. The third-order valence-corrected chi connectivity index (χ3v) is 7.78. The van der Waals surface area contributed by atoms with Crippen LogP contribution in [0.4, 0.5) is 10.1 Å². The van der Waals surface area contributed by atoms with Crippen LogP contribution in [0.15, 0.2) is 50.7 Å². The molecular weight excluding hydrogens is 456 g/mol. The Kier molecular flexibility index (Phi) is 7.91. The summed E-state index contributed by atoms with van der Waals surface area (Å²) in [7, 11) is 15.0. The van der Waals surface area contributed by atoms with Crippen molar-refractivity contribution in [2.24, 2.45) is 0 Å². The van der Waals surface area contributed by atoms with Crippen molar-refractivity contribution in [1.82, 2.24) is 4.90 Å². The number of benzene rings is 2. The van der Waals surface area contributed by atoms with Gasteiger partial charge in [0.05, 0.1) is 0 Å². The molecule has 0 aliphatic rings. The van der Waals surface area contributed by atoms with Crippen LogP contribution in [-0.4, -0.2) is 76.9 Å². The molecule has 30 heavy (non-hydrogen) atoms. The highest BCUT2D eigenvalue weighted by atomic mass is 79.9. The number of nitrogens with two attached hydrogens (primary N) is 1. The van der Waals surface area contributed by atoms with Crippen molar-refractivity contribution in [3.63, 3.8) is 0 Å². The van der Waals surface area contributed by atoms with E-state index in [4.69, 9.17) is 10.5 Å². The number of nitrogen functional groups attached to an aromatic ring is 1. The molecule has 3 nitrogen and oxygen atoms in total. The Hall–Kier alpha value is -0.850. The Bertz CT molecular complexity index is 911. The van der Waals surface area contributed by atoms with Gasteiger partial charge in [0.25, 0.3) is 0 Å². The van der Waals surface area contributed by atoms with E-state index in [1.165, 1.54) is 0 Å². The van der Waals surface area contributed by atoms with Crippen LogP contribution in [0.25, 0.3) is 0 Å². The monoisotopic (exact) mass is 484 g/mol. The van der Waals surface area contributed by atoms with E-state index in [1.54, 1.807) is 27.5 Å². The van der Waals surface area contributed by atoms with Crippen molar-refractivity contribution in [3.05, 3.63) is 46.4 Å². The van der Waals surface area contributed by atoms with Crippen LogP contribution in [0.1, 0.15) is 5.56 Å². The van der Waals surface area contributed by atoms with Crippen molar-refractivity contribution in [3.8, 4) is 5.75 Å². The highest BCUT2D eigenvalue weighted by molar-refractivity contribution is 9.10. The van der Waals surface area contributed by atoms with E-state index in [9.17, 15) is 4.39 Å². The van der Waals surface area contributed by atoms with Crippen molar-refractivity contribution in [2.75, 3.05) is 19.8 Å². The van der Waals surface area contributed by atoms with Crippen LogP contribution in [0, 0.1) is 0 Å². The molecule has 12 heteroatoms. The Balaban J connectivity index is 2.38. The van der Waals surface area contributed by atoms with Gasteiger partial charge in [0, 0.05) is 37.4 Å². The summed E-state index contributed by atoms with van der Waals surface area (Å²) in [6.45, 7) is 0.758. The topological polar surface area (TPSA) is 38.5 Å². The quantitative estimate of drug-likeness (QED) is 0.378. The second-order valence-corrected chi connectivity index (χ2v) is 11.5. The summed E-state index contributed by atoms with van der Waals surface area (Å²) in [5, 5.41) is -1.40. The van der Waals surface area contributed by atoms with Gasteiger partial charge in [0.1, 0.15) is 52.8 Å². The van der Waals surface area contributed by atoms with Crippen molar-refractivity contribution in [2.45, 2.75) is 32.4 Å². The lowest BCUT2D eigenvalue weighted by atomic mass is 9.25. The smallest absolute Gasteiger partial charge is 0.145 e. The first-order valence-electron chi connectivity index (χ1n) is 10.0. The van der Waals surface area contributed by atoms with Gasteiger partial charge in [-0.05, 0) is 61.3 Å². The van der Waals surface area contributed by atoms with Crippen LogP contribution in [0.5, 0.6) is 5.75 Å². The molecule has 0 fully saturated rings. The van der Waals surface area contributed by atoms with Crippen LogP contribution in [0.2, 0.25) is 5.21 Å². The van der Waals surface area contributed by atoms with E-state index in [-0.39, 0.29) is 0 Å². The molecule has 2 aromatic carbocycles. The van der Waals surface area contributed by atoms with Crippen molar-refractivity contribution < 1.29 is 9.13 Å². The van der Waals surface area contributed by atoms with Crippen LogP contribution >= 0.6 is 27.7 Å². The van der Waals surface area contributed by atoms with Crippen LogP contribution < -0.4 is 10.5 Å². The molecule has 0 bridgehead atoms. The molecule has 0 unspecified atom stereocenters. The highest BCUT2D eigenvalue weighted by Crippen LogP contribution is 2.42. The Morgan fingerprint density at radius 3 is 2.17 bits per heavy atom. The maximum absolute atomic E-state index is 14.9. The van der Waals surface area contributed by atoms with Gasteiger partial charge in [-0.1, -0.05) is 27.7 Å². The number of alkyl halides is 1. The number of anilines is 1. The van der Waals surface area contributed by atoms with E-state index in [0.717, 1.165) is 37.8 Å². The summed E-state index contributed by atoms with van der Waals surface area (Å²) in [4.78, 5) is 4.24. The minimum absolute atomic E-state index is 0.693. The molecule has 0 saturated carbocycles. The normalized spacial score (nSPS) is 12.8. The fourth-order valence-corrected chi connectivity index (χ4v) is 4.37. The van der Waals surface area contributed by atoms with Gasteiger partial charge < -0.3 is 15.4 Å². The van der Waals surface area contributed by atoms with Gasteiger partial charge in [0.15, 0.2) is 0 Å². The average molecular weight is 484 g/mol. The fraction of sp³-hybridized carbons (Fsp3) is 0.333. The minimum Gasteiger partial charge on any atom is -0.506 e. The Morgan fingerprint density at radius 1 is 1.03 bits per heavy atom. The fourth-order valence-electron chi connectivity index (χ4n) is 3.05. The average Bonchev–Trinajstić information content (AvgIpc) is 2.57. The molecule has 0 aliphatic carbocycles. The second-order valence-electron chi connectivity index (χ2n) is 9.50. The zero-order valence-electron chi connectivity index (χ0n) is 19.3. The van der Waals surface area contributed by atoms with Crippen molar-refractivity contribution in [1.29, 1.82) is 0 Å². The molecule has 0 saturated heterocycles. The Morgan fingerprint density at radius 2 is 1.63 bits per heavy atom. The summed E-state index contributed by atoms with van der Waals surface area (Å²) in [5.74, 6) is 0.738. The summed E-state index contributed by atoms with van der Waals surface area (Å²) >= 11 is 5.10. The molecule has 0 heterocycles. The molecule has 0 radical (unpaired) electrons. The van der Waals surface area contributed by atoms with E-state index in [2.05, 4.69) is 33.0 Å². The molecule has 2 N–H and O–H groups in total. The third-order valence-electron chi connectivity index (χ3n) is 6.07. The minimum atomic E-state index is -1.39. The first-order valence-corrected chi connectivity index (χ1v) is 11.6. The number of hydrogen-bond donors (Lipinski definition) is 1. The van der Waals surface area contributed by atoms with E-state index >= 15 is 0 Å². The summed E-state index contributed by atoms with van der Waals surface area (Å²) < 4.78 is 22.2. The van der Waals surface area contributed by atoms with Gasteiger partial charge in [-0.15, -0.1) is 0 Å². The predicted octanol–water partition coefficient (Wildman–Crippen LogP) is -1.19. The van der Waals surface area contributed by atoms with Crippen LogP contribution in [-0.2, 0) is 6.54 Å². The maximum atomic E-state index is 14.9. The molecule has 0 atom stereocenters. The SMILES string of the molecule is BC(B)(F)C(B)(B)C(B)(B)Oc1ccc(Sc2ccc(Br)cc2N)c(CN(C)C)c1.